The van der Waals surface area contributed by atoms with Gasteiger partial charge in [0.1, 0.15) is 5.54 Å². The second kappa shape index (κ2) is 7.62. The highest BCUT2D eigenvalue weighted by molar-refractivity contribution is 6.30. The van der Waals surface area contributed by atoms with Crippen molar-refractivity contribution in [1.82, 2.24) is 5.32 Å². The minimum absolute atomic E-state index is 0.205. The summed E-state index contributed by atoms with van der Waals surface area (Å²) in [5.41, 5.74) is 1.18. The van der Waals surface area contributed by atoms with Gasteiger partial charge in [0.15, 0.2) is 4.98 Å². The molecule has 0 aliphatic carbocycles. The molecule has 7 heteroatoms. The molecule has 0 aromatic heterocycles. The largest absolute Gasteiger partial charge is 0.385 e. The summed E-state index contributed by atoms with van der Waals surface area (Å²) < 4.78 is 0. The molecule has 3 aromatic rings. The van der Waals surface area contributed by atoms with Crippen molar-refractivity contribution in [3.05, 3.63) is 100.0 Å². The monoisotopic (exact) mass is 417 g/mol. The van der Waals surface area contributed by atoms with Crippen LogP contribution < -0.4 is 10.2 Å². The Kier molecular flexibility index (Phi) is 4.98. The molecule has 2 amide bonds. The molecular formula is C23H18ClN4O2+. The smallest absolute Gasteiger partial charge is 0.336 e. The van der Waals surface area contributed by atoms with E-state index in [2.05, 4.69) is 10.3 Å². The van der Waals surface area contributed by atoms with Gasteiger partial charge >= 0.3 is 5.69 Å². The van der Waals surface area contributed by atoms with Gasteiger partial charge in [0, 0.05) is 28.4 Å². The number of carbonyl (C=O) groups excluding carboxylic acids is 2. The van der Waals surface area contributed by atoms with E-state index in [1.165, 1.54) is 12.1 Å². The lowest BCUT2D eigenvalue weighted by Gasteiger charge is -2.54. The number of nitrogens with one attached hydrogen (secondary N) is 1. The second-order valence-corrected chi connectivity index (χ2v) is 7.70. The van der Waals surface area contributed by atoms with Crippen molar-refractivity contribution in [1.29, 1.82) is 5.39 Å². The highest BCUT2D eigenvalue weighted by Crippen LogP contribution is 2.46. The van der Waals surface area contributed by atoms with Crippen molar-refractivity contribution in [2.45, 2.75) is 18.5 Å². The lowest BCUT2D eigenvalue weighted by atomic mass is 9.75. The zero-order valence-electron chi connectivity index (χ0n) is 16.1. The summed E-state index contributed by atoms with van der Waals surface area (Å²) in [7, 11) is 0. The number of amides is 2. The summed E-state index contributed by atoms with van der Waals surface area (Å²) in [5.74, 6) is -0.592. The lowest BCUT2D eigenvalue weighted by Crippen LogP contribution is -2.74. The molecule has 0 bridgehead atoms. The number of benzene rings is 3. The molecule has 1 fully saturated rings. The summed E-state index contributed by atoms with van der Waals surface area (Å²) in [6.45, 7) is 1.73. The first-order valence-electron chi connectivity index (χ1n) is 9.36. The number of carbonyl (C=O) groups is 2. The normalized spacial score (nSPS) is 20.2. The van der Waals surface area contributed by atoms with Gasteiger partial charge in [-0.25, -0.2) is 0 Å². The van der Waals surface area contributed by atoms with Crippen LogP contribution in [0.15, 0.2) is 78.9 Å². The first-order valence-corrected chi connectivity index (χ1v) is 9.73. The van der Waals surface area contributed by atoms with Crippen LogP contribution in [0, 0.1) is 5.39 Å². The molecule has 3 aromatic carbocycles. The Morgan fingerprint density at radius 2 is 1.67 bits per heavy atom. The molecule has 0 radical (unpaired) electrons. The topological polar surface area (TPSA) is 77.6 Å². The SMILES string of the molecule is C[C@]1(NC(=O)c2ccc([N+]#N)cc2)C(=O)N(c2ccccc2)[C@@H]1c1ccc(Cl)cc1. The summed E-state index contributed by atoms with van der Waals surface area (Å²) >= 11 is 6.04. The van der Waals surface area contributed by atoms with Crippen molar-refractivity contribution in [3.8, 4) is 0 Å². The van der Waals surface area contributed by atoms with E-state index in [9.17, 15) is 9.59 Å². The Labute approximate surface area is 178 Å². The van der Waals surface area contributed by atoms with Crippen LogP contribution in [0.5, 0.6) is 0 Å². The zero-order chi connectivity index (χ0) is 21.3. The van der Waals surface area contributed by atoms with E-state index in [1.807, 2.05) is 42.5 Å². The number of hydrogen-bond donors (Lipinski definition) is 1. The fourth-order valence-corrected chi connectivity index (χ4v) is 3.89. The van der Waals surface area contributed by atoms with Gasteiger partial charge in [-0.1, -0.05) is 41.9 Å². The average molecular weight is 418 g/mol. The molecule has 0 saturated carbocycles. The Morgan fingerprint density at radius 3 is 2.27 bits per heavy atom. The number of anilines is 1. The highest BCUT2D eigenvalue weighted by Gasteiger charge is 2.59. The molecule has 148 valence electrons. The second-order valence-electron chi connectivity index (χ2n) is 7.27. The molecule has 30 heavy (non-hydrogen) atoms. The first kappa shape index (κ1) is 19.6. The fourth-order valence-electron chi connectivity index (χ4n) is 3.77. The molecule has 6 nitrogen and oxygen atoms in total. The van der Waals surface area contributed by atoms with Gasteiger partial charge in [0.05, 0.1) is 6.04 Å². The maximum Gasteiger partial charge on any atom is 0.385 e. The fraction of sp³-hybridized carbons (Fsp3) is 0.130. The number of diazo groups is 1. The van der Waals surface area contributed by atoms with Crippen molar-refractivity contribution >= 4 is 34.8 Å². The molecule has 0 unspecified atom stereocenters. The molecule has 1 aliphatic heterocycles. The number of para-hydroxylation sites is 1. The van der Waals surface area contributed by atoms with Crippen LogP contribution in [0.3, 0.4) is 0 Å². The Hall–Kier alpha value is -3.69. The highest BCUT2D eigenvalue weighted by atomic mass is 35.5. The number of halogens is 1. The molecule has 1 heterocycles. The minimum Gasteiger partial charge on any atom is -0.336 e. The summed E-state index contributed by atoms with van der Waals surface area (Å²) in [4.78, 5) is 30.9. The van der Waals surface area contributed by atoms with E-state index >= 15 is 0 Å². The molecule has 2 atom stereocenters. The molecule has 4 rings (SSSR count). The van der Waals surface area contributed by atoms with Gasteiger partial charge in [-0.3, -0.25) is 14.5 Å². The third kappa shape index (κ3) is 3.30. The van der Waals surface area contributed by atoms with E-state index in [0.29, 0.717) is 16.3 Å². The van der Waals surface area contributed by atoms with Crippen LogP contribution in [0.2, 0.25) is 5.02 Å². The number of hydrogen-bond acceptors (Lipinski definition) is 3. The predicted molar refractivity (Wildman–Crippen MR) is 115 cm³/mol. The lowest BCUT2D eigenvalue weighted by molar-refractivity contribution is -0.133. The molecule has 0 spiro atoms. The van der Waals surface area contributed by atoms with Gasteiger partial charge in [0.2, 0.25) is 5.39 Å². The molecule has 1 N–H and O–H groups in total. The Balaban J connectivity index is 1.69. The number of rotatable bonds is 4. The maximum atomic E-state index is 13.2. The zero-order valence-corrected chi connectivity index (χ0v) is 16.9. The van der Waals surface area contributed by atoms with Crippen LogP contribution in [0.25, 0.3) is 4.98 Å². The van der Waals surface area contributed by atoms with Crippen molar-refractivity contribution < 1.29 is 9.59 Å². The average Bonchev–Trinajstić information content (AvgIpc) is 2.78. The van der Waals surface area contributed by atoms with Crippen molar-refractivity contribution in [2.24, 2.45) is 0 Å². The van der Waals surface area contributed by atoms with Gasteiger partial charge in [-0.15, -0.1) is 0 Å². The molecule has 1 aliphatic rings. The van der Waals surface area contributed by atoms with E-state index in [0.717, 1.165) is 11.3 Å². The summed E-state index contributed by atoms with van der Waals surface area (Å²) in [6, 6.07) is 22.3. The Bertz CT molecular complexity index is 1140. The van der Waals surface area contributed by atoms with Crippen LogP contribution >= 0.6 is 11.6 Å². The molecular weight excluding hydrogens is 400 g/mol. The quantitative estimate of drug-likeness (QED) is 0.473. The third-order valence-electron chi connectivity index (χ3n) is 5.31. The van der Waals surface area contributed by atoms with Gasteiger partial charge in [-0.2, -0.15) is 0 Å². The predicted octanol–water partition coefficient (Wildman–Crippen LogP) is 5.10. The summed E-state index contributed by atoms with van der Waals surface area (Å²) in [5, 5.41) is 12.3. The van der Waals surface area contributed by atoms with E-state index < -0.39 is 11.6 Å². The van der Waals surface area contributed by atoms with E-state index in [1.54, 1.807) is 36.1 Å². The van der Waals surface area contributed by atoms with E-state index in [4.69, 9.17) is 17.0 Å². The van der Waals surface area contributed by atoms with Crippen LogP contribution in [-0.4, -0.2) is 17.4 Å². The number of β-lactam (4-membered cyclic amide) rings is 1. The maximum absolute atomic E-state index is 13.2. The van der Waals surface area contributed by atoms with Gasteiger partial charge < -0.3 is 5.32 Å². The van der Waals surface area contributed by atoms with Gasteiger partial charge in [0.25, 0.3) is 11.8 Å². The van der Waals surface area contributed by atoms with Gasteiger partial charge in [-0.05, 0) is 48.9 Å². The minimum atomic E-state index is -1.14. The number of nitrogens with zero attached hydrogens (tertiary/aromatic N) is 3. The third-order valence-corrected chi connectivity index (χ3v) is 5.56. The van der Waals surface area contributed by atoms with Crippen molar-refractivity contribution in [2.75, 3.05) is 4.90 Å². The molecule has 1 saturated heterocycles. The Morgan fingerprint density at radius 1 is 1.03 bits per heavy atom. The summed E-state index contributed by atoms with van der Waals surface area (Å²) in [6.07, 6.45) is 0. The van der Waals surface area contributed by atoms with Crippen LogP contribution in [0.1, 0.15) is 28.9 Å². The first-order chi connectivity index (χ1) is 14.4. The van der Waals surface area contributed by atoms with Crippen molar-refractivity contribution in [3.63, 3.8) is 0 Å². The van der Waals surface area contributed by atoms with E-state index in [-0.39, 0.29) is 11.8 Å². The van der Waals surface area contributed by atoms with Crippen LogP contribution in [0.4, 0.5) is 11.4 Å². The standard InChI is InChI=1S/C23H17ClN4O2/c1-23(26-21(29)16-9-13-18(27-25)14-10-16)20(15-7-11-17(24)12-8-15)28(22(23)30)19-5-3-2-4-6-19/h2-14,20H,1H3/p+1/t20-,23-/m1/s1. The van der Waals surface area contributed by atoms with Crippen LogP contribution in [-0.2, 0) is 4.79 Å².